The van der Waals surface area contributed by atoms with Gasteiger partial charge in [0.1, 0.15) is 65.9 Å². The Balaban J connectivity index is 0.000000199. The maximum Gasteiger partial charge on any atom is 0.181 e. The van der Waals surface area contributed by atoms with Crippen molar-refractivity contribution in [3.63, 3.8) is 0 Å². The average molecular weight is 850 g/mol. The van der Waals surface area contributed by atoms with Crippen molar-refractivity contribution in [1.82, 2.24) is 24.9 Å². The van der Waals surface area contributed by atoms with E-state index in [4.69, 9.17) is 59.8 Å². The fourth-order valence-corrected chi connectivity index (χ4v) is 7.41. The summed E-state index contributed by atoms with van der Waals surface area (Å²) in [5, 5.41) is 3.24. The SMILES string of the molecule is C=C1N=C(N)C(C)=CN1[C@@H]1O[C@H](COC)C(NC)C1OC.C=C1N=C(N)C(F)=CN1[C@@H]1O[C@H](COC)C(OC)C1OC.C=C1N=C(N)C=CN1C1CN(C)CC(COC)O1. The second-order valence-electron chi connectivity index (χ2n) is 14.5. The van der Waals surface area contributed by atoms with Crippen LogP contribution in [0.15, 0.2) is 88.3 Å². The molecule has 0 aromatic heterocycles. The first-order chi connectivity index (χ1) is 28.7. The van der Waals surface area contributed by atoms with Gasteiger partial charge in [-0.2, -0.15) is 0 Å². The van der Waals surface area contributed by atoms with Crippen LogP contribution in [-0.2, 0) is 42.6 Å². The lowest BCUT2D eigenvalue weighted by atomic mass is 10.1. The number of amidine groups is 3. The number of morpholine rings is 1. The van der Waals surface area contributed by atoms with E-state index >= 15 is 0 Å². The Morgan fingerprint density at radius 1 is 0.733 bits per heavy atom. The summed E-state index contributed by atoms with van der Waals surface area (Å²) in [6.45, 7) is 16.5. The van der Waals surface area contributed by atoms with Crippen molar-refractivity contribution >= 4 is 17.5 Å². The van der Waals surface area contributed by atoms with E-state index in [1.807, 2.05) is 36.2 Å². The highest BCUT2D eigenvalue weighted by atomic mass is 19.1. The number of methoxy groups -OCH3 is 6. The van der Waals surface area contributed by atoms with E-state index < -0.39 is 18.2 Å². The predicted molar refractivity (Wildman–Crippen MR) is 224 cm³/mol. The molecule has 6 rings (SSSR count). The third-order valence-corrected chi connectivity index (χ3v) is 10.3. The summed E-state index contributed by atoms with van der Waals surface area (Å²) in [7, 11) is 13.6. The molecule has 7 N–H and O–H groups in total. The number of aliphatic imine (C=N–C) groups is 3. The zero-order valence-corrected chi connectivity index (χ0v) is 36.2. The van der Waals surface area contributed by atoms with Crippen molar-refractivity contribution in [2.24, 2.45) is 32.2 Å². The summed E-state index contributed by atoms with van der Waals surface area (Å²) in [4.78, 5) is 19.7. The number of nitrogens with two attached hydrogens (primary N) is 3. The molecule has 20 nitrogen and oxygen atoms in total. The van der Waals surface area contributed by atoms with Crippen molar-refractivity contribution in [1.29, 1.82) is 0 Å². The van der Waals surface area contributed by atoms with Crippen LogP contribution in [0.3, 0.4) is 0 Å². The maximum absolute atomic E-state index is 13.7. The highest BCUT2D eigenvalue weighted by molar-refractivity contribution is 5.97. The van der Waals surface area contributed by atoms with Crippen LogP contribution in [0.25, 0.3) is 0 Å². The van der Waals surface area contributed by atoms with E-state index in [9.17, 15) is 4.39 Å². The number of rotatable bonds is 13. The van der Waals surface area contributed by atoms with Gasteiger partial charge in [0.15, 0.2) is 24.1 Å². The molecule has 60 heavy (non-hydrogen) atoms. The first-order valence-electron chi connectivity index (χ1n) is 19.2. The Kier molecular flexibility index (Phi) is 18.2. The Morgan fingerprint density at radius 2 is 1.28 bits per heavy atom. The van der Waals surface area contributed by atoms with Crippen molar-refractivity contribution in [2.75, 3.05) is 89.7 Å². The average Bonchev–Trinajstić information content (AvgIpc) is 3.74. The van der Waals surface area contributed by atoms with Crippen LogP contribution in [0.2, 0.25) is 0 Å². The zero-order chi connectivity index (χ0) is 44.3. The lowest BCUT2D eigenvalue weighted by Gasteiger charge is -2.41. The lowest BCUT2D eigenvalue weighted by Crippen LogP contribution is -2.53. The Morgan fingerprint density at radius 3 is 1.87 bits per heavy atom. The summed E-state index contributed by atoms with van der Waals surface area (Å²) in [6, 6.07) is 0.0182. The van der Waals surface area contributed by atoms with E-state index in [1.165, 1.54) is 18.2 Å². The number of likely N-dealkylation sites (N-methyl/N-ethyl adjacent to an activating group) is 2. The van der Waals surface area contributed by atoms with Gasteiger partial charge in [0, 0.05) is 79.9 Å². The molecule has 0 spiro atoms. The number of nitrogens with zero attached hydrogens (tertiary/aromatic N) is 7. The van der Waals surface area contributed by atoms with Gasteiger partial charge >= 0.3 is 0 Å². The Labute approximate surface area is 352 Å². The van der Waals surface area contributed by atoms with E-state index in [0.29, 0.717) is 43.1 Å². The van der Waals surface area contributed by atoms with Gasteiger partial charge in [-0.05, 0) is 27.1 Å². The molecule has 0 aliphatic carbocycles. The molecule has 3 saturated heterocycles. The van der Waals surface area contributed by atoms with Crippen LogP contribution in [0.4, 0.5) is 4.39 Å². The Hall–Kier alpha value is -4.26. The van der Waals surface area contributed by atoms with Gasteiger partial charge < -0.3 is 79.8 Å². The first-order valence-corrected chi connectivity index (χ1v) is 19.2. The molecule has 3 fully saturated rings. The molecule has 0 aromatic carbocycles. The van der Waals surface area contributed by atoms with Gasteiger partial charge in [-0.15, -0.1) is 0 Å². The summed E-state index contributed by atoms with van der Waals surface area (Å²) in [5.41, 5.74) is 17.7. The van der Waals surface area contributed by atoms with Crippen molar-refractivity contribution in [3.8, 4) is 0 Å². The van der Waals surface area contributed by atoms with E-state index in [0.717, 1.165) is 18.7 Å². The summed E-state index contributed by atoms with van der Waals surface area (Å²) in [6.07, 6.45) is 4.25. The quantitative estimate of drug-likeness (QED) is 0.196. The van der Waals surface area contributed by atoms with Crippen molar-refractivity contribution < 1.29 is 47.0 Å². The molecular formula is C39H64FN11O9. The minimum atomic E-state index is -0.648. The van der Waals surface area contributed by atoms with E-state index in [-0.39, 0.29) is 60.7 Å². The molecule has 0 amide bonds. The summed E-state index contributed by atoms with van der Waals surface area (Å²) < 4.78 is 63.6. The van der Waals surface area contributed by atoms with E-state index in [1.54, 1.807) is 41.6 Å². The fraction of sp³-hybridized carbons (Fsp3) is 0.615. The van der Waals surface area contributed by atoms with Crippen LogP contribution in [0.5, 0.6) is 0 Å². The van der Waals surface area contributed by atoms with Crippen LogP contribution < -0.4 is 22.5 Å². The zero-order valence-electron chi connectivity index (χ0n) is 36.2. The third-order valence-electron chi connectivity index (χ3n) is 10.3. The topological polar surface area (TPSA) is 223 Å². The number of hydrogen-bond acceptors (Lipinski definition) is 20. The molecule has 6 heterocycles. The fourth-order valence-electron chi connectivity index (χ4n) is 7.41. The maximum atomic E-state index is 13.7. The molecular weight excluding hydrogens is 785 g/mol. The van der Waals surface area contributed by atoms with Crippen LogP contribution in [0.1, 0.15) is 6.92 Å². The summed E-state index contributed by atoms with van der Waals surface area (Å²) >= 11 is 0. The lowest BCUT2D eigenvalue weighted by molar-refractivity contribution is -0.143. The predicted octanol–water partition coefficient (Wildman–Crippen LogP) is 0.298. The number of nitrogens with one attached hydrogen (secondary N) is 1. The number of ether oxygens (including phenoxy) is 9. The van der Waals surface area contributed by atoms with Crippen LogP contribution in [-0.4, -0.2) is 188 Å². The van der Waals surface area contributed by atoms with Crippen LogP contribution >= 0.6 is 0 Å². The highest BCUT2D eigenvalue weighted by Gasteiger charge is 2.49. The monoisotopic (exact) mass is 849 g/mol. The molecule has 6 aliphatic rings. The van der Waals surface area contributed by atoms with Gasteiger partial charge in [-0.25, -0.2) is 19.4 Å². The van der Waals surface area contributed by atoms with Gasteiger partial charge in [-0.3, -0.25) is 4.90 Å². The number of hydrogen-bond donors (Lipinski definition) is 4. The van der Waals surface area contributed by atoms with E-state index in [2.05, 4.69) is 52.0 Å². The normalized spacial score (nSPS) is 32.1. The second kappa shape index (κ2) is 22.5. The third kappa shape index (κ3) is 11.6. The highest BCUT2D eigenvalue weighted by Crippen LogP contribution is 2.33. The molecule has 0 saturated carbocycles. The number of halogens is 1. The standard InChI is InChI=1S/C14H24N4O3.C13H20FN3O4.C12H20N4O2/c1-8-6-18(9(2)17-13(8)15)14-12(20-5)11(16-3)10(21-14)7-19-4;1-7-16-12(15)8(14)5-17(7)13-11(20-4)10(19-3)9(21-13)6-18-2;1-9-14-11(13)4-5-16(9)12-7-15(2)6-10(18-12)8-17-3/h6,10-12,14,16H,2,7H2,1,3-5H3,(H2,15,17);5,9-11,13H,1,6H2,2-4H3,(H2,15,16);4-5,10,12H,1,6-8H2,2-3H3,(H2,13,14)/t10-,11?,12?,14-;9-,10?,11?,13-;/m11./s1. The minimum Gasteiger partial charge on any atom is -0.384 e. The van der Waals surface area contributed by atoms with Crippen molar-refractivity contribution in [3.05, 3.63) is 73.3 Å². The minimum absolute atomic E-state index is 0.0182. The molecule has 336 valence electrons. The van der Waals surface area contributed by atoms with Gasteiger partial charge in [0.25, 0.3) is 0 Å². The summed E-state index contributed by atoms with van der Waals surface area (Å²) in [5.74, 6) is 1.50. The van der Waals surface area contributed by atoms with Gasteiger partial charge in [0.05, 0.1) is 32.0 Å². The molecule has 6 unspecified atom stereocenters. The first kappa shape index (κ1) is 48.4. The Bertz CT molecular complexity index is 1610. The smallest absolute Gasteiger partial charge is 0.181 e. The molecule has 0 radical (unpaired) electrons. The van der Waals surface area contributed by atoms with Crippen LogP contribution in [0, 0.1) is 0 Å². The van der Waals surface area contributed by atoms with Crippen molar-refractivity contribution in [2.45, 2.75) is 68.3 Å². The van der Waals surface area contributed by atoms with Gasteiger partial charge in [0.2, 0.25) is 0 Å². The molecule has 21 heteroatoms. The molecule has 10 atom stereocenters. The second-order valence-corrected chi connectivity index (χ2v) is 14.5. The molecule has 6 aliphatic heterocycles. The largest absolute Gasteiger partial charge is 0.384 e. The molecule has 0 bridgehead atoms. The molecule has 0 aromatic rings. The van der Waals surface area contributed by atoms with Gasteiger partial charge in [-0.1, -0.05) is 19.7 Å².